The highest BCUT2D eigenvalue weighted by atomic mass is 28.3. The number of hydrogen-bond donors (Lipinski definition) is 0. The maximum atomic E-state index is 6.58. The van der Waals surface area contributed by atoms with Crippen LogP contribution in [0.5, 0.6) is 0 Å². The Morgan fingerprint density at radius 3 is 1.32 bits per heavy atom. The van der Waals surface area contributed by atoms with E-state index in [0.29, 0.717) is 0 Å². The molecule has 0 aliphatic heterocycles. The van der Waals surface area contributed by atoms with Gasteiger partial charge in [0.25, 0.3) is 0 Å². The van der Waals surface area contributed by atoms with Crippen LogP contribution in [0, 0.1) is 0 Å². The molecule has 268 valence electrons. The first-order chi connectivity index (χ1) is 28.3. The van der Waals surface area contributed by atoms with Crippen LogP contribution in [0.1, 0.15) is 0 Å². The second-order valence-electron chi connectivity index (χ2n) is 14.8. The highest BCUT2D eigenvalue weighted by Gasteiger charge is 2.42. The Morgan fingerprint density at radius 2 is 0.772 bits per heavy atom. The summed E-state index contributed by atoms with van der Waals surface area (Å²) in [5, 5.41) is 10.0. The standard InChI is InChI=1S/C54H37NOSi/c1-6-20-38(21-7-1)46-34-43(57(40-24-10-3-11-25-40,41-26-12-4-13-27-41)42-28-14-5-15-29-42)35-47(39-22-8-2-9-23-39)54(46)55-50-32-18-16-30-44(50)48-36-49-45-31-17-19-33-52(45)56-53(49)37-51(48)55/h1-37H. The Bertz CT molecular complexity index is 3050. The quantitative estimate of drug-likeness (QED) is 0.117. The molecule has 2 nitrogen and oxygen atoms in total. The van der Waals surface area contributed by atoms with Gasteiger partial charge in [-0.15, -0.1) is 0 Å². The van der Waals surface area contributed by atoms with E-state index < -0.39 is 8.07 Å². The molecule has 11 rings (SSSR count). The third kappa shape index (κ3) is 5.24. The largest absolute Gasteiger partial charge is 0.456 e. The Kier molecular flexibility index (Phi) is 7.87. The van der Waals surface area contributed by atoms with Gasteiger partial charge in [0.15, 0.2) is 8.07 Å². The number of aromatic nitrogens is 1. The highest BCUT2D eigenvalue weighted by molar-refractivity contribution is 7.20. The molecule has 0 saturated carbocycles. The summed E-state index contributed by atoms with van der Waals surface area (Å²) in [6, 6.07) is 82.4. The van der Waals surface area contributed by atoms with Gasteiger partial charge in [0.05, 0.1) is 16.7 Å². The van der Waals surface area contributed by atoms with Crippen LogP contribution in [0.25, 0.3) is 71.7 Å². The van der Waals surface area contributed by atoms with Crippen molar-refractivity contribution in [2.24, 2.45) is 0 Å². The fraction of sp³-hybridized carbons (Fsp3) is 0. The van der Waals surface area contributed by atoms with Crippen LogP contribution >= 0.6 is 0 Å². The summed E-state index contributed by atoms with van der Waals surface area (Å²) in [5.74, 6) is 0. The topological polar surface area (TPSA) is 18.1 Å². The fourth-order valence-corrected chi connectivity index (χ4v) is 14.1. The second-order valence-corrected chi connectivity index (χ2v) is 18.6. The second kappa shape index (κ2) is 13.5. The number of hydrogen-bond acceptors (Lipinski definition) is 1. The van der Waals surface area contributed by atoms with Gasteiger partial charge in [-0.05, 0) is 50.1 Å². The van der Waals surface area contributed by atoms with E-state index in [4.69, 9.17) is 4.42 Å². The molecule has 0 fully saturated rings. The van der Waals surface area contributed by atoms with Crippen molar-refractivity contribution < 1.29 is 4.42 Å². The van der Waals surface area contributed by atoms with Crippen molar-refractivity contribution in [3.63, 3.8) is 0 Å². The van der Waals surface area contributed by atoms with E-state index in [1.165, 1.54) is 53.8 Å². The van der Waals surface area contributed by atoms with Crippen molar-refractivity contribution in [2.75, 3.05) is 0 Å². The molecule has 0 spiro atoms. The van der Waals surface area contributed by atoms with E-state index in [0.717, 1.165) is 38.7 Å². The van der Waals surface area contributed by atoms with Crippen molar-refractivity contribution >= 4 is 72.6 Å². The molecule has 0 amide bonds. The zero-order valence-electron chi connectivity index (χ0n) is 31.2. The summed E-state index contributed by atoms with van der Waals surface area (Å²) < 4.78 is 9.08. The molecule has 0 saturated heterocycles. The zero-order valence-corrected chi connectivity index (χ0v) is 32.2. The van der Waals surface area contributed by atoms with Crippen molar-refractivity contribution in [3.05, 3.63) is 224 Å². The SMILES string of the molecule is c1ccc(-c2cc([Si](c3ccccc3)(c3ccccc3)c3ccccc3)cc(-c3ccccc3)c2-n2c3ccccc3c3cc4c(cc32)oc2ccccc24)cc1. The number of fused-ring (bicyclic) bond motifs is 6. The van der Waals surface area contributed by atoms with Gasteiger partial charge >= 0.3 is 0 Å². The lowest BCUT2D eigenvalue weighted by atomic mass is 9.95. The molecule has 9 aromatic carbocycles. The molecule has 0 aliphatic rings. The van der Waals surface area contributed by atoms with Gasteiger partial charge in [-0.2, -0.15) is 0 Å². The van der Waals surface area contributed by atoms with E-state index >= 15 is 0 Å². The van der Waals surface area contributed by atoms with Gasteiger partial charge < -0.3 is 8.98 Å². The minimum absolute atomic E-state index is 0.885. The summed E-state index contributed by atoms with van der Waals surface area (Å²) in [4.78, 5) is 0. The van der Waals surface area contributed by atoms with Gasteiger partial charge in [0.2, 0.25) is 0 Å². The van der Waals surface area contributed by atoms with Crippen molar-refractivity contribution in [1.82, 2.24) is 4.57 Å². The highest BCUT2D eigenvalue weighted by Crippen LogP contribution is 2.43. The number of furan rings is 1. The molecule has 0 atom stereocenters. The predicted molar refractivity (Wildman–Crippen MR) is 243 cm³/mol. The molecule has 0 bridgehead atoms. The van der Waals surface area contributed by atoms with E-state index in [9.17, 15) is 0 Å². The first kappa shape index (κ1) is 33.2. The summed E-state index contributed by atoms with van der Waals surface area (Å²) in [7, 11) is -2.92. The van der Waals surface area contributed by atoms with Gasteiger partial charge in [-0.3, -0.25) is 0 Å². The normalized spacial score (nSPS) is 11.9. The first-order valence-corrected chi connectivity index (χ1v) is 21.6. The Balaban J connectivity index is 1.34. The molecule has 0 radical (unpaired) electrons. The molecular formula is C54H37NOSi. The van der Waals surface area contributed by atoms with Crippen molar-refractivity contribution in [3.8, 4) is 27.9 Å². The lowest BCUT2D eigenvalue weighted by molar-refractivity contribution is 0.669. The molecule has 3 heteroatoms. The number of para-hydroxylation sites is 2. The Hall–Kier alpha value is -7.20. The molecule has 57 heavy (non-hydrogen) atoms. The molecule has 0 N–H and O–H groups in total. The fourth-order valence-electron chi connectivity index (χ4n) is 9.26. The van der Waals surface area contributed by atoms with Crippen LogP contribution in [0.3, 0.4) is 0 Å². The van der Waals surface area contributed by atoms with E-state index in [-0.39, 0.29) is 0 Å². The van der Waals surface area contributed by atoms with Crippen LogP contribution in [-0.2, 0) is 0 Å². The number of nitrogens with zero attached hydrogens (tertiary/aromatic N) is 1. The lowest BCUT2D eigenvalue weighted by Crippen LogP contribution is -2.74. The summed E-state index contributed by atoms with van der Waals surface area (Å²) in [6.07, 6.45) is 0. The maximum absolute atomic E-state index is 6.58. The zero-order chi connectivity index (χ0) is 37.8. The number of benzene rings is 9. The molecule has 2 heterocycles. The number of rotatable bonds is 7. The van der Waals surface area contributed by atoms with E-state index in [1.807, 2.05) is 6.07 Å². The maximum Gasteiger partial charge on any atom is 0.179 e. The minimum atomic E-state index is -2.92. The van der Waals surface area contributed by atoms with E-state index in [1.54, 1.807) is 0 Å². The molecule has 2 aromatic heterocycles. The van der Waals surface area contributed by atoms with Gasteiger partial charge in [-0.25, -0.2) is 0 Å². The Labute approximate surface area is 332 Å². The molecule has 0 aliphatic carbocycles. The van der Waals surface area contributed by atoms with Crippen LogP contribution in [0.2, 0.25) is 0 Å². The molecular weight excluding hydrogens is 707 g/mol. The van der Waals surface area contributed by atoms with Crippen LogP contribution in [-0.4, -0.2) is 12.6 Å². The lowest BCUT2D eigenvalue weighted by Gasteiger charge is -2.36. The molecule has 0 unspecified atom stereocenters. The van der Waals surface area contributed by atoms with Gasteiger partial charge in [0, 0.05) is 38.7 Å². The van der Waals surface area contributed by atoms with Crippen LogP contribution in [0.4, 0.5) is 0 Å². The smallest absolute Gasteiger partial charge is 0.179 e. The summed E-state index contributed by atoms with van der Waals surface area (Å²) in [5.41, 5.74) is 9.90. The van der Waals surface area contributed by atoms with Crippen LogP contribution in [0.15, 0.2) is 229 Å². The van der Waals surface area contributed by atoms with Crippen LogP contribution < -0.4 is 20.7 Å². The third-order valence-corrected chi connectivity index (χ3v) is 16.5. The first-order valence-electron chi connectivity index (χ1n) is 19.6. The minimum Gasteiger partial charge on any atom is -0.456 e. The summed E-state index contributed by atoms with van der Waals surface area (Å²) in [6.45, 7) is 0. The Morgan fingerprint density at radius 1 is 0.316 bits per heavy atom. The average molecular weight is 744 g/mol. The van der Waals surface area contributed by atoms with Gasteiger partial charge in [0.1, 0.15) is 11.2 Å². The summed E-state index contributed by atoms with van der Waals surface area (Å²) >= 11 is 0. The third-order valence-electron chi connectivity index (χ3n) is 11.7. The van der Waals surface area contributed by atoms with Crippen molar-refractivity contribution in [1.29, 1.82) is 0 Å². The van der Waals surface area contributed by atoms with E-state index in [2.05, 4.69) is 223 Å². The van der Waals surface area contributed by atoms with Crippen molar-refractivity contribution in [2.45, 2.75) is 0 Å². The van der Waals surface area contributed by atoms with Gasteiger partial charge in [-0.1, -0.05) is 200 Å². The monoisotopic (exact) mass is 743 g/mol. The predicted octanol–water partition coefficient (Wildman–Crippen LogP) is 11.4. The average Bonchev–Trinajstić information content (AvgIpc) is 3.82. The molecule has 11 aromatic rings.